The average molecular weight is 412 g/mol. The molecule has 0 bridgehead atoms. The zero-order valence-electron chi connectivity index (χ0n) is 17.8. The molecule has 1 N–H and O–H groups in total. The summed E-state index contributed by atoms with van der Waals surface area (Å²) in [5.74, 6) is 2.73. The molecule has 1 fully saturated rings. The number of unbranched alkanes of at least 4 members (excludes halogenated alkanes) is 1. The van der Waals surface area contributed by atoms with Crippen LogP contribution in [0.3, 0.4) is 0 Å². The van der Waals surface area contributed by atoms with Crippen LogP contribution in [0.15, 0.2) is 47.1 Å². The van der Waals surface area contributed by atoms with Crippen LogP contribution in [0.4, 0.5) is 5.69 Å². The Balaban J connectivity index is 1.45. The molecular formula is C22H31N6O2+. The van der Waals surface area contributed by atoms with Crippen LogP contribution in [0, 0.1) is 0 Å². The highest BCUT2D eigenvalue weighted by Gasteiger charge is 2.32. The molecular weight excluding hydrogens is 380 g/mol. The third-order valence-electron chi connectivity index (χ3n) is 5.94. The number of piperazine rings is 1. The standard InChI is InChI=1S/C22H30N6O2/c1-3-4-7-21(22-23-24-25-28(22)17-20-6-5-16-30-20)27-14-12-26(13-15-27)18-8-10-19(29-2)11-9-18/h5-6,8-11,16,21H,3-4,7,12-15,17H2,1-2H3/p+1/t21-/m0/s1. The highest BCUT2D eigenvalue weighted by atomic mass is 16.5. The molecule has 0 unspecified atom stereocenters. The number of hydrogen-bond donors (Lipinski definition) is 1. The van der Waals surface area contributed by atoms with Crippen LogP contribution in [0.25, 0.3) is 0 Å². The minimum Gasteiger partial charge on any atom is -0.497 e. The van der Waals surface area contributed by atoms with E-state index in [1.807, 2.05) is 28.9 Å². The molecule has 2 aromatic heterocycles. The normalized spacial score (nSPS) is 16.0. The minimum absolute atomic E-state index is 0.299. The van der Waals surface area contributed by atoms with Crippen molar-refractivity contribution in [2.45, 2.75) is 38.8 Å². The van der Waals surface area contributed by atoms with Crippen LogP contribution in [0.2, 0.25) is 0 Å². The zero-order valence-corrected chi connectivity index (χ0v) is 17.8. The molecule has 1 aromatic carbocycles. The van der Waals surface area contributed by atoms with Crippen molar-refractivity contribution in [3.63, 3.8) is 0 Å². The van der Waals surface area contributed by atoms with E-state index in [-0.39, 0.29) is 0 Å². The molecule has 8 heteroatoms. The van der Waals surface area contributed by atoms with Crippen LogP contribution in [-0.2, 0) is 6.54 Å². The maximum Gasteiger partial charge on any atom is 0.209 e. The van der Waals surface area contributed by atoms with E-state index in [1.54, 1.807) is 18.3 Å². The first-order valence-electron chi connectivity index (χ1n) is 10.8. The molecule has 8 nitrogen and oxygen atoms in total. The monoisotopic (exact) mass is 411 g/mol. The number of quaternary nitrogens is 1. The van der Waals surface area contributed by atoms with E-state index in [4.69, 9.17) is 9.15 Å². The summed E-state index contributed by atoms with van der Waals surface area (Å²) < 4.78 is 12.7. The maximum absolute atomic E-state index is 5.51. The zero-order chi connectivity index (χ0) is 20.8. The Kier molecular flexibility index (Phi) is 6.63. The summed E-state index contributed by atoms with van der Waals surface area (Å²) in [5.41, 5.74) is 1.25. The third kappa shape index (κ3) is 4.64. The lowest BCUT2D eigenvalue weighted by atomic mass is 10.1. The number of hydrogen-bond acceptors (Lipinski definition) is 6. The predicted octanol–water partition coefficient (Wildman–Crippen LogP) is 1.96. The second-order valence-corrected chi connectivity index (χ2v) is 7.81. The van der Waals surface area contributed by atoms with Gasteiger partial charge in [-0.3, -0.25) is 0 Å². The number of nitrogens with one attached hydrogen (secondary N) is 1. The van der Waals surface area contributed by atoms with Gasteiger partial charge in [0.1, 0.15) is 24.1 Å². The fourth-order valence-electron chi connectivity index (χ4n) is 4.24. The Labute approximate surface area is 177 Å². The Morgan fingerprint density at radius 3 is 2.63 bits per heavy atom. The first-order valence-corrected chi connectivity index (χ1v) is 10.8. The quantitative estimate of drug-likeness (QED) is 0.580. The lowest BCUT2D eigenvalue weighted by Gasteiger charge is -2.37. The van der Waals surface area contributed by atoms with Crippen molar-refractivity contribution in [3.05, 3.63) is 54.2 Å². The number of furan rings is 1. The highest BCUT2D eigenvalue weighted by Crippen LogP contribution is 2.20. The van der Waals surface area contributed by atoms with Gasteiger partial charge in [0, 0.05) is 12.1 Å². The van der Waals surface area contributed by atoms with E-state index in [0.29, 0.717) is 12.6 Å². The molecule has 0 aliphatic carbocycles. The molecule has 0 saturated carbocycles. The van der Waals surface area contributed by atoms with Gasteiger partial charge in [0.2, 0.25) is 5.82 Å². The van der Waals surface area contributed by atoms with Crippen molar-refractivity contribution in [2.24, 2.45) is 0 Å². The predicted molar refractivity (Wildman–Crippen MR) is 114 cm³/mol. The van der Waals surface area contributed by atoms with E-state index in [0.717, 1.165) is 49.9 Å². The second kappa shape index (κ2) is 9.75. The fourth-order valence-corrected chi connectivity index (χ4v) is 4.24. The molecule has 160 valence electrons. The Morgan fingerprint density at radius 2 is 1.97 bits per heavy atom. The summed E-state index contributed by atoms with van der Waals surface area (Å²) in [5, 5.41) is 12.7. The average Bonchev–Trinajstić information content (AvgIpc) is 3.47. The van der Waals surface area contributed by atoms with Gasteiger partial charge in [-0.2, -0.15) is 0 Å². The van der Waals surface area contributed by atoms with Crippen molar-refractivity contribution in [2.75, 3.05) is 38.2 Å². The number of anilines is 1. The Bertz CT molecular complexity index is 885. The molecule has 3 aromatic rings. The molecule has 1 aliphatic heterocycles. The van der Waals surface area contributed by atoms with Crippen LogP contribution in [0.5, 0.6) is 5.75 Å². The van der Waals surface area contributed by atoms with Crippen LogP contribution < -0.4 is 14.5 Å². The molecule has 30 heavy (non-hydrogen) atoms. The SMILES string of the molecule is CCCC[C@@H](c1nnnn1Cc1ccco1)[NH+]1CCN(c2ccc(OC)cc2)CC1. The van der Waals surface area contributed by atoms with Gasteiger partial charge >= 0.3 is 0 Å². The van der Waals surface area contributed by atoms with Gasteiger partial charge < -0.3 is 19.0 Å². The number of tetrazole rings is 1. The van der Waals surface area contributed by atoms with E-state index in [1.165, 1.54) is 18.5 Å². The Morgan fingerprint density at radius 1 is 1.17 bits per heavy atom. The smallest absolute Gasteiger partial charge is 0.209 e. The van der Waals surface area contributed by atoms with Crippen molar-refractivity contribution >= 4 is 5.69 Å². The van der Waals surface area contributed by atoms with Gasteiger partial charge in [-0.05, 0) is 53.2 Å². The third-order valence-corrected chi connectivity index (χ3v) is 5.94. The summed E-state index contributed by atoms with van der Waals surface area (Å²) in [6, 6.07) is 12.5. The second-order valence-electron chi connectivity index (χ2n) is 7.81. The van der Waals surface area contributed by atoms with Crippen molar-refractivity contribution in [1.82, 2.24) is 20.2 Å². The van der Waals surface area contributed by atoms with Gasteiger partial charge in [0.05, 0.1) is 39.6 Å². The summed E-state index contributed by atoms with van der Waals surface area (Å²) >= 11 is 0. The van der Waals surface area contributed by atoms with Gasteiger partial charge in [0.15, 0.2) is 0 Å². The van der Waals surface area contributed by atoms with Crippen LogP contribution in [0.1, 0.15) is 43.8 Å². The number of ether oxygens (including phenoxy) is 1. The first kappa shape index (κ1) is 20.4. The molecule has 3 heterocycles. The largest absolute Gasteiger partial charge is 0.497 e. The minimum atomic E-state index is 0.299. The number of benzene rings is 1. The topological polar surface area (TPSA) is 73.7 Å². The Hall–Kier alpha value is -2.87. The van der Waals surface area contributed by atoms with E-state index >= 15 is 0 Å². The van der Waals surface area contributed by atoms with Crippen molar-refractivity contribution < 1.29 is 14.1 Å². The molecule has 1 aliphatic rings. The molecule has 1 atom stereocenters. The van der Waals surface area contributed by atoms with Crippen molar-refractivity contribution in [3.8, 4) is 5.75 Å². The molecule has 0 amide bonds. The van der Waals surface area contributed by atoms with Crippen molar-refractivity contribution in [1.29, 1.82) is 0 Å². The van der Waals surface area contributed by atoms with E-state index in [9.17, 15) is 0 Å². The maximum atomic E-state index is 5.51. The van der Waals surface area contributed by atoms with E-state index < -0.39 is 0 Å². The molecule has 4 rings (SSSR count). The van der Waals surface area contributed by atoms with Gasteiger partial charge in [-0.15, -0.1) is 5.10 Å². The lowest BCUT2D eigenvalue weighted by molar-refractivity contribution is -0.933. The molecule has 1 saturated heterocycles. The van der Waals surface area contributed by atoms with E-state index in [2.05, 4.69) is 39.5 Å². The summed E-state index contributed by atoms with van der Waals surface area (Å²) in [6.45, 7) is 6.97. The summed E-state index contributed by atoms with van der Waals surface area (Å²) in [4.78, 5) is 4.01. The number of methoxy groups -OCH3 is 1. The fraction of sp³-hybridized carbons (Fsp3) is 0.500. The summed E-state index contributed by atoms with van der Waals surface area (Å²) in [6.07, 6.45) is 5.12. The van der Waals surface area contributed by atoms with Gasteiger partial charge in [-0.25, -0.2) is 4.68 Å². The number of rotatable bonds is 9. The lowest BCUT2D eigenvalue weighted by Crippen LogP contribution is -3.15. The number of aromatic nitrogens is 4. The highest BCUT2D eigenvalue weighted by molar-refractivity contribution is 5.49. The molecule has 0 radical (unpaired) electrons. The molecule has 0 spiro atoms. The first-order chi connectivity index (χ1) is 14.8. The summed E-state index contributed by atoms with van der Waals surface area (Å²) in [7, 11) is 1.70. The van der Waals surface area contributed by atoms with Gasteiger partial charge in [-0.1, -0.05) is 13.3 Å². The van der Waals surface area contributed by atoms with Crippen LogP contribution in [-0.4, -0.2) is 53.5 Å². The number of nitrogens with zero attached hydrogens (tertiary/aromatic N) is 5. The van der Waals surface area contributed by atoms with Crippen LogP contribution >= 0.6 is 0 Å². The van der Waals surface area contributed by atoms with Gasteiger partial charge in [0.25, 0.3) is 0 Å².